The van der Waals surface area contributed by atoms with Gasteiger partial charge in [0.25, 0.3) is 5.69 Å². The molecule has 2 aromatic rings. The molecular formula is C19H21N3O4S. The highest BCUT2D eigenvalue weighted by Crippen LogP contribution is 2.25. The molecule has 0 aliphatic carbocycles. The van der Waals surface area contributed by atoms with Crippen molar-refractivity contribution >= 4 is 27.6 Å². The molecule has 2 aromatic carbocycles. The van der Waals surface area contributed by atoms with Crippen LogP contribution in [0.15, 0.2) is 58.4 Å². The number of rotatable bonds is 5. The van der Waals surface area contributed by atoms with Crippen LogP contribution in [0.1, 0.15) is 25.3 Å². The van der Waals surface area contributed by atoms with E-state index in [9.17, 15) is 18.5 Å². The largest absolute Gasteiger partial charge is 0.278 e. The lowest BCUT2D eigenvalue weighted by Gasteiger charge is -2.29. The van der Waals surface area contributed by atoms with Crippen molar-refractivity contribution in [1.82, 2.24) is 4.31 Å². The number of nitro benzene ring substituents is 1. The molecule has 1 saturated heterocycles. The minimum Gasteiger partial charge on any atom is -0.258 e. The van der Waals surface area contributed by atoms with Crippen molar-refractivity contribution in [3.8, 4) is 0 Å². The standard InChI is InChI=1S/C19H21N3O4S/c1-15-10-12-21(13-11-15)27(25,26)18-8-6-17(7-9-18)20-14-16-4-2-3-5-19(16)22(23)24/h2-9,14-15H,10-13H2,1H3. The van der Waals surface area contributed by atoms with Crippen molar-refractivity contribution in [3.05, 3.63) is 64.2 Å². The lowest BCUT2D eigenvalue weighted by molar-refractivity contribution is -0.385. The number of nitrogens with zero attached hydrogens (tertiary/aromatic N) is 3. The SMILES string of the molecule is CC1CCN(S(=O)(=O)c2ccc(N=Cc3ccccc3[N+](=O)[O-])cc2)CC1. The van der Waals surface area contributed by atoms with Gasteiger partial charge in [-0.25, -0.2) is 8.42 Å². The maximum atomic E-state index is 12.7. The summed E-state index contributed by atoms with van der Waals surface area (Å²) in [5.74, 6) is 0.551. The van der Waals surface area contributed by atoms with Crippen LogP contribution in [0.25, 0.3) is 0 Å². The van der Waals surface area contributed by atoms with Gasteiger partial charge in [0.2, 0.25) is 10.0 Å². The van der Waals surface area contributed by atoms with Crippen molar-refractivity contribution in [3.63, 3.8) is 0 Å². The average molecular weight is 387 g/mol. The van der Waals surface area contributed by atoms with Gasteiger partial charge in [-0.1, -0.05) is 19.1 Å². The van der Waals surface area contributed by atoms with Gasteiger partial charge in [0.1, 0.15) is 0 Å². The Morgan fingerprint density at radius 3 is 2.37 bits per heavy atom. The minimum atomic E-state index is -3.50. The first-order valence-corrected chi connectivity index (χ1v) is 10.2. The van der Waals surface area contributed by atoms with Crippen molar-refractivity contribution in [1.29, 1.82) is 0 Å². The van der Waals surface area contributed by atoms with Crippen molar-refractivity contribution < 1.29 is 13.3 Å². The smallest absolute Gasteiger partial charge is 0.258 e. The Hall–Kier alpha value is -2.58. The van der Waals surface area contributed by atoms with Crippen LogP contribution >= 0.6 is 0 Å². The first-order valence-electron chi connectivity index (χ1n) is 8.75. The fourth-order valence-electron chi connectivity index (χ4n) is 2.99. The molecule has 3 rings (SSSR count). The van der Waals surface area contributed by atoms with Crippen molar-refractivity contribution in [2.24, 2.45) is 10.9 Å². The van der Waals surface area contributed by atoms with E-state index in [2.05, 4.69) is 11.9 Å². The molecule has 1 fully saturated rings. The fraction of sp³-hybridized carbons (Fsp3) is 0.316. The molecule has 0 saturated carbocycles. The molecule has 7 nitrogen and oxygen atoms in total. The molecule has 142 valence electrons. The number of nitro groups is 1. The Morgan fingerprint density at radius 2 is 1.74 bits per heavy atom. The summed E-state index contributed by atoms with van der Waals surface area (Å²) >= 11 is 0. The Bertz CT molecular complexity index is 947. The van der Waals surface area contributed by atoms with Crippen LogP contribution in [0.2, 0.25) is 0 Å². The zero-order valence-electron chi connectivity index (χ0n) is 15.0. The molecule has 1 heterocycles. The molecule has 0 N–H and O–H groups in total. The predicted molar refractivity (Wildman–Crippen MR) is 104 cm³/mol. The van der Waals surface area contributed by atoms with Gasteiger partial charge in [0.05, 0.1) is 21.1 Å². The lowest BCUT2D eigenvalue weighted by atomic mass is 10.0. The molecule has 0 aromatic heterocycles. The third kappa shape index (κ3) is 4.40. The van der Waals surface area contributed by atoms with Crippen LogP contribution in [0.3, 0.4) is 0 Å². The van der Waals surface area contributed by atoms with Crippen LogP contribution in [0.4, 0.5) is 11.4 Å². The van der Waals surface area contributed by atoms with Gasteiger partial charge in [-0.3, -0.25) is 15.1 Å². The Labute approximate surface area is 158 Å². The van der Waals surface area contributed by atoms with E-state index in [1.165, 1.54) is 28.7 Å². The van der Waals surface area contributed by atoms with E-state index < -0.39 is 14.9 Å². The van der Waals surface area contributed by atoms with Crippen LogP contribution in [0, 0.1) is 16.0 Å². The van der Waals surface area contributed by atoms with E-state index in [1.807, 2.05) is 0 Å². The van der Waals surface area contributed by atoms with E-state index in [0.717, 1.165) is 12.8 Å². The number of benzene rings is 2. The summed E-state index contributed by atoms with van der Waals surface area (Å²) in [6.45, 7) is 3.22. The number of aliphatic imine (C=N–C) groups is 1. The Kier molecular flexibility index (Phi) is 5.67. The van der Waals surface area contributed by atoms with Crippen LogP contribution in [-0.4, -0.2) is 37.0 Å². The molecule has 0 spiro atoms. The maximum absolute atomic E-state index is 12.7. The second kappa shape index (κ2) is 7.98. The Morgan fingerprint density at radius 1 is 1.11 bits per heavy atom. The minimum absolute atomic E-state index is 0.0280. The van der Waals surface area contributed by atoms with Gasteiger partial charge in [-0.15, -0.1) is 0 Å². The highest BCUT2D eigenvalue weighted by molar-refractivity contribution is 7.89. The number of hydrogen-bond donors (Lipinski definition) is 0. The summed E-state index contributed by atoms with van der Waals surface area (Å²) in [5, 5.41) is 11.0. The van der Waals surface area contributed by atoms with Gasteiger partial charge in [-0.2, -0.15) is 4.31 Å². The Balaban J connectivity index is 1.77. The molecule has 8 heteroatoms. The van der Waals surface area contributed by atoms with Crippen molar-refractivity contribution in [2.75, 3.05) is 13.1 Å². The molecule has 1 aliphatic heterocycles. The van der Waals surface area contributed by atoms with E-state index >= 15 is 0 Å². The predicted octanol–water partition coefficient (Wildman–Crippen LogP) is 3.77. The van der Waals surface area contributed by atoms with E-state index in [0.29, 0.717) is 30.3 Å². The van der Waals surface area contributed by atoms with Gasteiger partial charge in [-0.05, 0) is 49.1 Å². The number of hydrogen-bond acceptors (Lipinski definition) is 5. The summed E-state index contributed by atoms with van der Waals surface area (Å²) in [4.78, 5) is 15.0. The lowest BCUT2D eigenvalue weighted by Crippen LogP contribution is -2.37. The van der Waals surface area contributed by atoms with Gasteiger partial charge < -0.3 is 0 Å². The van der Waals surface area contributed by atoms with Crippen LogP contribution < -0.4 is 0 Å². The molecule has 27 heavy (non-hydrogen) atoms. The van der Waals surface area contributed by atoms with Crippen LogP contribution in [0.5, 0.6) is 0 Å². The molecular weight excluding hydrogens is 366 g/mol. The molecule has 0 amide bonds. The highest BCUT2D eigenvalue weighted by atomic mass is 32.2. The van der Waals surface area contributed by atoms with Gasteiger partial charge in [0, 0.05) is 25.4 Å². The molecule has 0 radical (unpaired) electrons. The van der Waals surface area contributed by atoms with Gasteiger partial charge in [0.15, 0.2) is 0 Å². The fourth-order valence-corrected chi connectivity index (χ4v) is 4.46. The number of piperidine rings is 1. The van der Waals surface area contributed by atoms with Gasteiger partial charge >= 0.3 is 0 Å². The molecule has 0 unspecified atom stereocenters. The molecule has 0 bridgehead atoms. The van der Waals surface area contributed by atoms with E-state index in [1.54, 1.807) is 30.3 Å². The summed E-state index contributed by atoms with van der Waals surface area (Å²) in [5.41, 5.74) is 0.890. The number of sulfonamides is 1. The second-order valence-electron chi connectivity index (χ2n) is 6.65. The van der Waals surface area contributed by atoms with E-state index in [-0.39, 0.29) is 10.6 Å². The topological polar surface area (TPSA) is 92.9 Å². The molecule has 1 aliphatic rings. The number of para-hydroxylation sites is 1. The average Bonchev–Trinajstić information content (AvgIpc) is 2.67. The molecule has 0 atom stereocenters. The second-order valence-corrected chi connectivity index (χ2v) is 8.59. The van der Waals surface area contributed by atoms with E-state index in [4.69, 9.17) is 0 Å². The first kappa shape index (κ1) is 19.2. The third-order valence-electron chi connectivity index (χ3n) is 4.70. The maximum Gasteiger partial charge on any atom is 0.278 e. The van der Waals surface area contributed by atoms with Crippen LogP contribution in [-0.2, 0) is 10.0 Å². The van der Waals surface area contributed by atoms with Crippen molar-refractivity contribution in [2.45, 2.75) is 24.7 Å². The zero-order chi connectivity index (χ0) is 19.4. The highest BCUT2D eigenvalue weighted by Gasteiger charge is 2.27. The normalized spacial score (nSPS) is 16.6. The third-order valence-corrected chi connectivity index (χ3v) is 6.62. The summed E-state index contributed by atoms with van der Waals surface area (Å²) in [6.07, 6.45) is 3.16. The quantitative estimate of drug-likeness (QED) is 0.443. The monoisotopic (exact) mass is 387 g/mol. The zero-order valence-corrected chi connectivity index (χ0v) is 15.8. The summed E-state index contributed by atoms with van der Waals surface area (Å²) < 4.78 is 27.0. The summed E-state index contributed by atoms with van der Waals surface area (Å²) in [7, 11) is -3.50. The summed E-state index contributed by atoms with van der Waals surface area (Å²) in [6, 6.07) is 12.6. The first-order chi connectivity index (χ1) is 12.9.